The van der Waals surface area contributed by atoms with E-state index in [4.69, 9.17) is 5.73 Å². The molecule has 0 aliphatic carbocycles. The van der Waals surface area contributed by atoms with Gasteiger partial charge in [0.1, 0.15) is 11.8 Å². The summed E-state index contributed by atoms with van der Waals surface area (Å²) in [5.74, 6) is 0. The third-order valence-corrected chi connectivity index (χ3v) is 4.13. The number of nitriles is 1. The molecule has 7 heteroatoms. The average Bonchev–Trinajstić information content (AvgIpc) is 2.98. The van der Waals surface area contributed by atoms with Crippen molar-refractivity contribution >= 4 is 0 Å². The molecule has 0 aliphatic rings. The molecule has 1 aromatic carbocycles. The zero-order valence-electron chi connectivity index (χ0n) is 13.4. The van der Waals surface area contributed by atoms with E-state index in [1.165, 1.54) is 0 Å². The first kappa shape index (κ1) is 18.1. The first-order valence-electron chi connectivity index (χ1n) is 7.53. The van der Waals surface area contributed by atoms with E-state index in [1.807, 2.05) is 6.07 Å². The molecule has 2 aromatic rings. The Balaban J connectivity index is 2.86. The van der Waals surface area contributed by atoms with Crippen LogP contribution in [0.3, 0.4) is 0 Å². The number of hydrogen-bond acceptors (Lipinski definition) is 6. The maximum absolute atomic E-state index is 10.1. The van der Waals surface area contributed by atoms with Gasteiger partial charge in [-0.25, -0.2) is 0 Å². The van der Waals surface area contributed by atoms with E-state index < -0.39 is 6.10 Å². The molecule has 0 amide bonds. The number of aliphatic hydroxyl groups excluding tert-OH is 4. The molecule has 7 nitrogen and oxygen atoms in total. The monoisotopic (exact) mass is 331 g/mol. The number of aliphatic hydroxyl groups is 4. The first-order valence-corrected chi connectivity index (χ1v) is 7.53. The fraction of sp³-hybridized carbons (Fsp3) is 0.353. The summed E-state index contributed by atoms with van der Waals surface area (Å²) in [6.07, 6.45) is -0.923. The minimum Gasteiger partial charge on any atom is -0.392 e. The molecule has 2 rings (SSSR count). The molecule has 0 saturated heterocycles. The van der Waals surface area contributed by atoms with Gasteiger partial charge in [-0.3, -0.25) is 0 Å². The van der Waals surface area contributed by atoms with Crippen LogP contribution in [0.2, 0.25) is 0 Å². The van der Waals surface area contributed by atoms with E-state index in [1.54, 1.807) is 19.1 Å². The van der Waals surface area contributed by atoms with E-state index in [0.717, 1.165) is 0 Å². The van der Waals surface area contributed by atoms with Gasteiger partial charge in [0.25, 0.3) is 0 Å². The molecule has 0 bridgehead atoms. The summed E-state index contributed by atoms with van der Waals surface area (Å²) in [6.45, 7) is 0.665. The van der Waals surface area contributed by atoms with Crippen LogP contribution in [0.4, 0.5) is 0 Å². The van der Waals surface area contributed by atoms with Crippen molar-refractivity contribution in [2.45, 2.75) is 39.4 Å². The van der Waals surface area contributed by atoms with Crippen molar-refractivity contribution in [1.82, 2.24) is 4.98 Å². The Morgan fingerprint density at radius 1 is 1.17 bits per heavy atom. The highest BCUT2D eigenvalue weighted by Gasteiger charge is 2.24. The predicted molar refractivity (Wildman–Crippen MR) is 87.2 cm³/mol. The Labute approximate surface area is 139 Å². The van der Waals surface area contributed by atoms with Crippen molar-refractivity contribution in [2.75, 3.05) is 0 Å². The molecule has 7 N–H and O–H groups in total. The smallest absolute Gasteiger partial charge is 0.124 e. The predicted octanol–water partition coefficient (Wildman–Crippen LogP) is 0.542. The van der Waals surface area contributed by atoms with Gasteiger partial charge in [-0.15, -0.1) is 0 Å². The van der Waals surface area contributed by atoms with E-state index >= 15 is 0 Å². The Bertz CT molecular complexity index is 775. The van der Waals surface area contributed by atoms with Gasteiger partial charge in [0.15, 0.2) is 0 Å². The Hall–Kier alpha value is -2.21. The van der Waals surface area contributed by atoms with Gasteiger partial charge in [-0.1, -0.05) is 12.1 Å². The second-order valence-electron chi connectivity index (χ2n) is 5.46. The summed E-state index contributed by atoms with van der Waals surface area (Å²) in [5.41, 5.74) is 9.41. The molecule has 128 valence electrons. The fourth-order valence-corrected chi connectivity index (χ4v) is 3.04. The van der Waals surface area contributed by atoms with Crippen molar-refractivity contribution in [3.8, 4) is 17.2 Å². The molecule has 0 fully saturated rings. The molecule has 24 heavy (non-hydrogen) atoms. The van der Waals surface area contributed by atoms with Crippen molar-refractivity contribution in [3.05, 3.63) is 45.8 Å². The highest BCUT2D eigenvalue weighted by molar-refractivity contribution is 5.77. The molecule has 1 heterocycles. The number of H-pyrrole nitrogens is 1. The van der Waals surface area contributed by atoms with Crippen LogP contribution in [0, 0.1) is 11.3 Å². The van der Waals surface area contributed by atoms with Crippen molar-refractivity contribution in [2.24, 2.45) is 5.73 Å². The largest absolute Gasteiger partial charge is 0.392 e. The van der Waals surface area contributed by atoms with Crippen LogP contribution in [-0.4, -0.2) is 25.4 Å². The normalized spacial score (nSPS) is 12.2. The van der Waals surface area contributed by atoms with Crippen LogP contribution in [-0.2, 0) is 26.4 Å². The van der Waals surface area contributed by atoms with Gasteiger partial charge in [0.2, 0.25) is 0 Å². The summed E-state index contributed by atoms with van der Waals surface area (Å²) in [6, 6.07) is 5.34. The van der Waals surface area contributed by atoms with Crippen LogP contribution in [0.15, 0.2) is 12.1 Å². The summed E-state index contributed by atoms with van der Waals surface area (Å²) in [5, 5.41) is 48.3. The number of aromatic nitrogens is 1. The lowest BCUT2D eigenvalue weighted by Crippen LogP contribution is -2.06. The standard InChI is InChI=1S/C17H21N3O4/c1-9(24)16-14(4-18)20-15(5-19)17(16)11-3-2-10(6-21)12(7-22)13(11)8-23/h2-3,9,20-24H,5-8,19H2,1H3. The molecule has 0 radical (unpaired) electrons. The van der Waals surface area contributed by atoms with Gasteiger partial charge in [-0.2, -0.15) is 5.26 Å². The highest BCUT2D eigenvalue weighted by atomic mass is 16.3. The molecular formula is C17H21N3O4. The third-order valence-electron chi connectivity index (χ3n) is 4.13. The summed E-state index contributed by atoms with van der Waals surface area (Å²) in [4.78, 5) is 2.91. The second kappa shape index (κ2) is 7.57. The summed E-state index contributed by atoms with van der Waals surface area (Å²) < 4.78 is 0. The Morgan fingerprint density at radius 3 is 2.29 bits per heavy atom. The van der Waals surface area contributed by atoms with E-state index in [-0.39, 0.29) is 32.1 Å². The van der Waals surface area contributed by atoms with Gasteiger partial charge >= 0.3 is 0 Å². The number of benzene rings is 1. The lowest BCUT2D eigenvalue weighted by atomic mass is 9.89. The number of rotatable bonds is 6. The van der Waals surface area contributed by atoms with Crippen molar-refractivity contribution < 1.29 is 20.4 Å². The minimum atomic E-state index is -0.923. The second-order valence-corrected chi connectivity index (χ2v) is 5.46. The number of nitrogens with two attached hydrogens (primary N) is 1. The molecular weight excluding hydrogens is 310 g/mol. The summed E-state index contributed by atoms with van der Waals surface area (Å²) in [7, 11) is 0. The third kappa shape index (κ3) is 2.94. The molecule has 1 unspecified atom stereocenters. The first-order chi connectivity index (χ1) is 11.5. The fourth-order valence-electron chi connectivity index (χ4n) is 3.04. The molecule has 0 aliphatic heterocycles. The summed E-state index contributed by atoms with van der Waals surface area (Å²) >= 11 is 0. The Kier molecular flexibility index (Phi) is 5.72. The van der Waals surface area contributed by atoms with Crippen molar-refractivity contribution in [1.29, 1.82) is 5.26 Å². The number of nitrogens with one attached hydrogen (secondary N) is 1. The lowest BCUT2D eigenvalue weighted by molar-refractivity contribution is 0.199. The average molecular weight is 331 g/mol. The SMILES string of the molecule is CC(O)c1c(C#N)[nH]c(CN)c1-c1ccc(CO)c(CO)c1CO. The molecule has 0 saturated carbocycles. The van der Waals surface area contributed by atoms with E-state index in [2.05, 4.69) is 4.98 Å². The topological polar surface area (TPSA) is 147 Å². The quantitative estimate of drug-likeness (QED) is 0.455. The maximum Gasteiger partial charge on any atom is 0.124 e. The van der Waals surface area contributed by atoms with E-state index in [9.17, 15) is 25.7 Å². The molecule has 0 spiro atoms. The van der Waals surface area contributed by atoms with Crippen LogP contribution >= 0.6 is 0 Å². The molecule has 1 atom stereocenters. The van der Waals surface area contributed by atoms with Crippen LogP contribution in [0.25, 0.3) is 11.1 Å². The lowest BCUT2D eigenvalue weighted by Gasteiger charge is -2.18. The van der Waals surface area contributed by atoms with Crippen LogP contribution in [0.1, 0.15) is 46.7 Å². The minimum absolute atomic E-state index is 0.109. The number of hydrogen-bond donors (Lipinski definition) is 6. The van der Waals surface area contributed by atoms with Crippen LogP contribution in [0.5, 0.6) is 0 Å². The van der Waals surface area contributed by atoms with Gasteiger partial charge in [0, 0.05) is 23.4 Å². The zero-order chi connectivity index (χ0) is 17.9. The number of nitrogens with zero attached hydrogens (tertiary/aromatic N) is 1. The number of aromatic amines is 1. The zero-order valence-corrected chi connectivity index (χ0v) is 13.4. The van der Waals surface area contributed by atoms with E-state index in [0.29, 0.717) is 39.1 Å². The Morgan fingerprint density at radius 2 is 1.83 bits per heavy atom. The maximum atomic E-state index is 10.1. The van der Waals surface area contributed by atoms with Gasteiger partial charge in [0.05, 0.1) is 25.9 Å². The molecule has 1 aromatic heterocycles. The van der Waals surface area contributed by atoms with Crippen molar-refractivity contribution in [3.63, 3.8) is 0 Å². The van der Waals surface area contributed by atoms with Gasteiger partial charge < -0.3 is 31.1 Å². The highest BCUT2D eigenvalue weighted by Crippen LogP contribution is 2.38. The van der Waals surface area contributed by atoms with Crippen LogP contribution < -0.4 is 5.73 Å². The van der Waals surface area contributed by atoms with Gasteiger partial charge in [-0.05, 0) is 29.2 Å².